The average molecular weight is 433 g/mol. The van der Waals surface area contributed by atoms with Crippen LogP contribution in [0.3, 0.4) is 0 Å². The van der Waals surface area contributed by atoms with Crippen molar-refractivity contribution >= 4 is 38.0 Å². The van der Waals surface area contributed by atoms with Gasteiger partial charge in [0.15, 0.2) is 5.82 Å². The molecule has 4 aromatic rings. The summed E-state index contributed by atoms with van der Waals surface area (Å²) in [7, 11) is -3.74. The Bertz CT molecular complexity index is 1320. The fourth-order valence-electron chi connectivity index (χ4n) is 2.96. The van der Waals surface area contributed by atoms with Crippen LogP contribution < -0.4 is 15.9 Å². The maximum atomic E-state index is 12.7. The van der Waals surface area contributed by atoms with Crippen LogP contribution in [0.2, 0.25) is 0 Å². The predicted molar refractivity (Wildman–Crippen MR) is 122 cm³/mol. The summed E-state index contributed by atoms with van der Waals surface area (Å²) in [6, 6.07) is 23.0. The molecule has 0 aliphatic rings. The minimum absolute atomic E-state index is 0.0259. The number of hydrogen-bond acceptors (Lipinski definition) is 7. The van der Waals surface area contributed by atoms with Crippen LogP contribution in [0, 0.1) is 0 Å². The van der Waals surface area contributed by atoms with Crippen molar-refractivity contribution in [2.45, 2.75) is 4.90 Å². The first-order valence-electron chi connectivity index (χ1n) is 9.46. The van der Waals surface area contributed by atoms with Crippen LogP contribution in [0.25, 0.3) is 10.8 Å². The average Bonchev–Trinajstić information content (AvgIpc) is 2.80. The molecule has 1 aromatic heterocycles. The van der Waals surface area contributed by atoms with E-state index in [-0.39, 0.29) is 11.4 Å². The van der Waals surface area contributed by atoms with E-state index in [2.05, 4.69) is 25.4 Å². The molecule has 1 heterocycles. The molecule has 0 bridgehead atoms. The Hall–Kier alpha value is -3.82. The van der Waals surface area contributed by atoms with Gasteiger partial charge in [-0.3, -0.25) is 5.43 Å². The van der Waals surface area contributed by atoms with Gasteiger partial charge >= 0.3 is 0 Å². The van der Waals surface area contributed by atoms with Gasteiger partial charge in [0.05, 0.1) is 23.3 Å². The van der Waals surface area contributed by atoms with E-state index in [0.29, 0.717) is 17.2 Å². The highest BCUT2D eigenvalue weighted by Gasteiger charge is 2.15. The maximum Gasteiger partial charge on any atom is 0.240 e. The number of sulfonamides is 1. The van der Waals surface area contributed by atoms with Crippen LogP contribution in [0.15, 0.2) is 95.1 Å². The number of hydrazone groups is 1. The second kappa shape index (κ2) is 8.90. The summed E-state index contributed by atoms with van der Waals surface area (Å²) in [5.74, 6) is 0.480. The molecule has 4 rings (SSSR count). The fourth-order valence-corrected chi connectivity index (χ4v) is 3.95. The highest BCUT2D eigenvalue weighted by atomic mass is 32.2. The van der Waals surface area contributed by atoms with Crippen LogP contribution in [0.4, 0.5) is 11.5 Å². The molecule has 0 aliphatic carbocycles. The number of fused-ring (bicyclic) bond motifs is 1. The van der Waals surface area contributed by atoms with Crippen molar-refractivity contribution in [2.75, 3.05) is 17.7 Å². The van der Waals surface area contributed by atoms with Gasteiger partial charge in [0.25, 0.3) is 0 Å². The third-order valence-corrected chi connectivity index (χ3v) is 6.01. The topological polar surface area (TPSA) is 122 Å². The zero-order valence-electron chi connectivity index (χ0n) is 16.4. The Morgan fingerprint density at radius 3 is 2.42 bits per heavy atom. The molecule has 4 N–H and O–H groups in total. The smallest absolute Gasteiger partial charge is 0.240 e. The molecule has 0 saturated heterocycles. The predicted octanol–water partition coefficient (Wildman–Crippen LogP) is 3.01. The second-order valence-electron chi connectivity index (χ2n) is 6.71. The van der Waals surface area contributed by atoms with Gasteiger partial charge < -0.3 is 5.73 Å². The number of aromatic nitrogens is 2. The quantitative estimate of drug-likeness (QED) is 0.234. The van der Waals surface area contributed by atoms with Crippen molar-refractivity contribution in [2.24, 2.45) is 5.10 Å². The number of nitrogen functional groups attached to an aromatic ring is 1. The molecule has 0 spiro atoms. The van der Waals surface area contributed by atoms with Crippen molar-refractivity contribution in [3.8, 4) is 0 Å². The van der Waals surface area contributed by atoms with Crippen molar-refractivity contribution < 1.29 is 8.42 Å². The van der Waals surface area contributed by atoms with Gasteiger partial charge in [0, 0.05) is 16.5 Å². The Kier molecular flexibility index (Phi) is 5.87. The molecule has 31 heavy (non-hydrogen) atoms. The number of rotatable bonds is 7. The van der Waals surface area contributed by atoms with Gasteiger partial charge in [-0.25, -0.2) is 13.1 Å². The summed E-state index contributed by atoms with van der Waals surface area (Å²) in [6.45, 7) is -0.0259. The highest BCUT2D eigenvalue weighted by Crippen LogP contribution is 2.19. The van der Waals surface area contributed by atoms with E-state index in [1.807, 2.05) is 54.6 Å². The lowest BCUT2D eigenvalue weighted by molar-refractivity contribution is 0.586. The fraction of sp³-hybridized carbons (Fsp3) is 0.0455. The molecule has 3 aromatic carbocycles. The maximum absolute atomic E-state index is 12.7. The lowest BCUT2D eigenvalue weighted by Crippen LogP contribution is -2.30. The number of benzene rings is 3. The molecule has 0 atom stereocenters. The third kappa shape index (κ3) is 4.85. The molecule has 0 amide bonds. The van der Waals surface area contributed by atoms with E-state index in [4.69, 9.17) is 5.73 Å². The Labute approximate surface area is 179 Å². The van der Waals surface area contributed by atoms with Gasteiger partial charge in [0.1, 0.15) is 0 Å². The molecule has 9 heteroatoms. The summed E-state index contributed by atoms with van der Waals surface area (Å²) in [5.41, 5.74) is 10.3. The first kappa shape index (κ1) is 20.5. The molecule has 0 aliphatic heterocycles. The zero-order valence-corrected chi connectivity index (χ0v) is 17.3. The first-order chi connectivity index (χ1) is 15.0. The Morgan fingerprint density at radius 1 is 0.935 bits per heavy atom. The molecule has 0 fully saturated rings. The van der Waals surface area contributed by atoms with Gasteiger partial charge in [0.2, 0.25) is 10.0 Å². The number of nitrogens with two attached hydrogens (primary N) is 1. The lowest BCUT2D eigenvalue weighted by atomic mass is 10.1. The first-order valence-corrected chi connectivity index (χ1v) is 10.9. The van der Waals surface area contributed by atoms with Crippen molar-refractivity contribution in [1.82, 2.24) is 14.9 Å². The van der Waals surface area contributed by atoms with Crippen LogP contribution >= 0.6 is 0 Å². The van der Waals surface area contributed by atoms with Gasteiger partial charge in [-0.15, -0.1) is 5.10 Å². The van der Waals surface area contributed by atoms with E-state index in [1.54, 1.807) is 18.3 Å². The molecular weight excluding hydrogens is 412 g/mol. The molecule has 8 nitrogen and oxygen atoms in total. The largest absolute Gasteiger partial charge is 0.399 e. The zero-order chi connectivity index (χ0) is 21.7. The second-order valence-corrected chi connectivity index (χ2v) is 8.48. The number of nitrogens with one attached hydrogen (secondary N) is 2. The Morgan fingerprint density at radius 2 is 1.65 bits per heavy atom. The summed E-state index contributed by atoms with van der Waals surface area (Å²) in [6.07, 6.45) is 1.67. The highest BCUT2D eigenvalue weighted by molar-refractivity contribution is 7.89. The van der Waals surface area contributed by atoms with Crippen LogP contribution in [0.1, 0.15) is 5.56 Å². The standard InChI is InChI=1S/C22H20N6O2S/c23-18-10-12-19(13-11-18)31(29,30)25-15-21(16-6-2-1-3-7-16)26-28-22-20-9-5-4-8-17(20)14-24-27-22/h1-14,25H,15,23H2,(H,27,28)/b26-21-. The summed E-state index contributed by atoms with van der Waals surface area (Å²) < 4.78 is 27.9. The number of anilines is 2. The van der Waals surface area contributed by atoms with E-state index < -0.39 is 10.0 Å². The van der Waals surface area contributed by atoms with Gasteiger partial charge in [-0.05, 0) is 29.8 Å². The molecule has 0 radical (unpaired) electrons. The van der Waals surface area contributed by atoms with Crippen molar-refractivity contribution in [3.05, 3.63) is 90.6 Å². The van der Waals surface area contributed by atoms with E-state index in [9.17, 15) is 8.42 Å². The van der Waals surface area contributed by atoms with Crippen molar-refractivity contribution in [1.29, 1.82) is 0 Å². The summed E-state index contributed by atoms with van der Waals surface area (Å²) in [4.78, 5) is 0.127. The third-order valence-electron chi connectivity index (χ3n) is 4.59. The molecule has 0 saturated carbocycles. The number of nitrogens with zero attached hydrogens (tertiary/aromatic N) is 3. The lowest BCUT2D eigenvalue weighted by Gasteiger charge is -2.11. The van der Waals surface area contributed by atoms with Gasteiger partial charge in [-0.1, -0.05) is 54.6 Å². The number of hydrogen-bond donors (Lipinski definition) is 3. The molecular formula is C22H20N6O2S. The van der Waals surface area contributed by atoms with Crippen LogP contribution in [0.5, 0.6) is 0 Å². The SMILES string of the molecule is Nc1ccc(S(=O)(=O)NC/C(=N/Nc2nncc3ccccc23)c2ccccc2)cc1. The summed E-state index contributed by atoms with van der Waals surface area (Å²) in [5, 5.41) is 14.3. The van der Waals surface area contributed by atoms with Gasteiger partial charge in [-0.2, -0.15) is 10.2 Å². The minimum Gasteiger partial charge on any atom is -0.399 e. The molecule has 0 unspecified atom stereocenters. The van der Waals surface area contributed by atoms with E-state index >= 15 is 0 Å². The van der Waals surface area contributed by atoms with E-state index in [0.717, 1.165) is 16.3 Å². The van der Waals surface area contributed by atoms with Crippen LogP contribution in [-0.4, -0.2) is 30.9 Å². The summed E-state index contributed by atoms with van der Waals surface area (Å²) >= 11 is 0. The monoisotopic (exact) mass is 432 g/mol. The van der Waals surface area contributed by atoms with E-state index in [1.165, 1.54) is 12.1 Å². The van der Waals surface area contributed by atoms with Crippen molar-refractivity contribution in [3.63, 3.8) is 0 Å². The Balaban J connectivity index is 1.61. The van der Waals surface area contributed by atoms with Crippen LogP contribution in [-0.2, 0) is 10.0 Å². The minimum atomic E-state index is -3.74. The normalized spacial score (nSPS) is 12.1. The molecule has 156 valence electrons.